The molecule has 0 spiro atoms. The van der Waals surface area contributed by atoms with Crippen LogP contribution in [-0.4, -0.2) is 53.0 Å². The number of benzene rings is 1. The Morgan fingerprint density at radius 1 is 1.16 bits per heavy atom. The zero-order chi connectivity index (χ0) is 22.7. The molecule has 0 radical (unpaired) electrons. The van der Waals surface area contributed by atoms with E-state index in [-0.39, 0.29) is 6.03 Å². The Labute approximate surface area is 191 Å². The maximum Gasteiger partial charge on any atom is 0.326 e. The Bertz CT molecular complexity index is 1140. The van der Waals surface area contributed by atoms with Crippen LogP contribution in [0.3, 0.4) is 0 Å². The number of amides is 2. The molecule has 1 aromatic carbocycles. The Kier molecular flexibility index (Phi) is 6.32. The third-order valence-electron chi connectivity index (χ3n) is 5.21. The van der Waals surface area contributed by atoms with Crippen molar-refractivity contribution in [1.82, 2.24) is 19.7 Å². The van der Waals surface area contributed by atoms with E-state index in [2.05, 4.69) is 10.1 Å². The molecule has 4 rings (SSSR count). The van der Waals surface area contributed by atoms with Crippen LogP contribution in [0.5, 0.6) is 5.75 Å². The van der Waals surface area contributed by atoms with Gasteiger partial charge in [-0.25, -0.2) is 14.5 Å². The van der Waals surface area contributed by atoms with Gasteiger partial charge in [-0.2, -0.15) is 0 Å². The fraction of sp³-hybridized carbons (Fsp3) is 0.261. The molecule has 0 saturated carbocycles. The minimum absolute atomic E-state index is 0.0745. The lowest BCUT2D eigenvalue weighted by Crippen LogP contribution is -2.31. The summed E-state index contributed by atoms with van der Waals surface area (Å²) in [6, 6.07) is 11.4. The van der Waals surface area contributed by atoms with E-state index < -0.39 is 0 Å². The highest BCUT2D eigenvalue weighted by atomic mass is 35.5. The molecule has 9 heteroatoms. The molecule has 1 aliphatic heterocycles. The molecule has 1 aliphatic rings. The highest BCUT2D eigenvalue weighted by Gasteiger charge is 2.31. The van der Waals surface area contributed by atoms with Crippen molar-refractivity contribution < 1.29 is 14.3 Å². The van der Waals surface area contributed by atoms with E-state index in [0.29, 0.717) is 36.2 Å². The Morgan fingerprint density at radius 2 is 1.94 bits per heavy atom. The molecule has 1 saturated heterocycles. The fourth-order valence-corrected chi connectivity index (χ4v) is 3.89. The molecule has 1 fully saturated rings. The number of hydrogen-bond acceptors (Lipinski definition) is 5. The van der Waals surface area contributed by atoms with Gasteiger partial charge in [0.05, 0.1) is 26.2 Å². The van der Waals surface area contributed by atoms with Crippen LogP contribution in [0.4, 0.5) is 10.6 Å². The van der Waals surface area contributed by atoms with Gasteiger partial charge < -0.3 is 14.4 Å². The molecule has 0 atom stereocenters. The van der Waals surface area contributed by atoms with Gasteiger partial charge in [0.1, 0.15) is 10.9 Å². The number of urea groups is 1. The Balaban J connectivity index is 1.54. The van der Waals surface area contributed by atoms with Crippen molar-refractivity contribution in [3.63, 3.8) is 0 Å². The average Bonchev–Trinajstić information content (AvgIpc) is 3.40. The standard InChI is InChI=1S/C23H24ClN5O3/c1-16-14-20(19(9-13-31-2)22(24)25-16)29-10-8-21(26-29)28-12-11-27(23(28)30)15-17-4-6-18(32-3)7-5-17/h4-10,13-14H,11-12,15H2,1-3H3/b13-9+. The summed E-state index contributed by atoms with van der Waals surface area (Å²) in [5.41, 5.74) is 3.24. The van der Waals surface area contributed by atoms with Crippen LogP contribution in [0, 0.1) is 6.92 Å². The van der Waals surface area contributed by atoms with Crippen molar-refractivity contribution in [2.75, 3.05) is 32.2 Å². The van der Waals surface area contributed by atoms with Gasteiger partial charge >= 0.3 is 6.03 Å². The summed E-state index contributed by atoms with van der Waals surface area (Å²) >= 11 is 6.35. The highest BCUT2D eigenvalue weighted by Crippen LogP contribution is 2.27. The molecule has 2 amide bonds. The number of halogens is 1. The minimum Gasteiger partial charge on any atom is -0.504 e. The molecule has 3 heterocycles. The number of rotatable bonds is 7. The van der Waals surface area contributed by atoms with Gasteiger partial charge in [-0.1, -0.05) is 23.7 Å². The molecule has 0 aliphatic carbocycles. The van der Waals surface area contributed by atoms with Crippen molar-refractivity contribution in [2.45, 2.75) is 13.5 Å². The van der Waals surface area contributed by atoms with Crippen molar-refractivity contribution in [1.29, 1.82) is 0 Å². The van der Waals surface area contributed by atoms with Crippen LogP contribution in [0.2, 0.25) is 5.15 Å². The monoisotopic (exact) mass is 453 g/mol. The van der Waals surface area contributed by atoms with E-state index in [1.807, 2.05) is 49.5 Å². The third kappa shape index (κ3) is 4.40. The molecule has 8 nitrogen and oxygen atoms in total. The molecular formula is C23H24ClN5O3. The molecule has 32 heavy (non-hydrogen) atoms. The number of nitrogens with zero attached hydrogens (tertiary/aromatic N) is 5. The lowest BCUT2D eigenvalue weighted by molar-refractivity contribution is 0.218. The molecule has 0 N–H and O–H groups in total. The first-order valence-electron chi connectivity index (χ1n) is 10.1. The SMILES string of the molecule is CO/C=C/c1c(-n2ccc(N3CCN(Cc4ccc(OC)cc4)C3=O)n2)cc(C)nc1Cl. The van der Waals surface area contributed by atoms with Gasteiger partial charge in [-0.15, -0.1) is 5.10 Å². The minimum atomic E-state index is -0.0745. The summed E-state index contributed by atoms with van der Waals surface area (Å²) in [5, 5.41) is 5.00. The zero-order valence-corrected chi connectivity index (χ0v) is 18.9. The highest BCUT2D eigenvalue weighted by molar-refractivity contribution is 6.31. The number of aryl methyl sites for hydroxylation is 1. The first-order chi connectivity index (χ1) is 15.5. The molecular weight excluding hydrogens is 430 g/mol. The van der Waals surface area contributed by atoms with Crippen molar-refractivity contribution in [3.05, 3.63) is 70.8 Å². The predicted molar refractivity (Wildman–Crippen MR) is 123 cm³/mol. The molecule has 166 valence electrons. The van der Waals surface area contributed by atoms with Crippen molar-refractivity contribution in [3.8, 4) is 11.4 Å². The third-order valence-corrected chi connectivity index (χ3v) is 5.50. The number of anilines is 1. The van der Waals surface area contributed by atoms with Crippen LogP contribution in [-0.2, 0) is 11.3 Å². The summed E-state index contributed by atoms with van der Waals surface area (Å²) < 4.78 is 11.9. The summed E-state index contributed by atoms with van der Waals surface area (Å²) in [7, 11) is 3.20. The fourth-order valence-electron chi connectivity index (χ4n) is 3.59. The number of carbonyl (C=O) groups is 1. The molecule has 0 unspecified atom stereocenters. The van der Waals surface area contributed by atoms with E-state index in [1.165, 1.54) is 6.26 Å². The van der Waals surface area contributed by atoms with Crippen molar-refractivity contribution >= 4 is 29.5 Å². The Morgan fingerprint density at radius 3 is 2.66 bits per heavy atom. The average molecular weight is 454 g/mol. The van der Waals surface area contributed by atoms with E-state index >= 15 is 0 Å². The number of hydrogen-bond donors (Lipinski definition) is 0. The summed E-state index contributed by atoms with van der Waals surface area (Å²) in [4.78, 5) is 20.8. The number of aromatic nitrogens is 3. The quantitative estimate of drug-likeness (QED) is 0.394. The topological polar surface area (TPSA) is 72.7 Å². The first kappa shape index (κ1) is 21.7. The summed E-state index contributed by atoms with van der Waals surface area (Å²) in [5.74, 6) is 1.37. The molecule has 3 aromatic rings. The normalized spacial score (nSPS) is 13.9. The summed E-state index contributed by atoms with van der Waals surface area (Å²) in [6.07, 6.45) is 5.08. The smallest absolute Gasteiger partial charge is 0.326 e. The lowest BCUT2D eigenvalue weighted by Gasteiger charge is -2.17. The van der Waals surface area contributed by atoms with E-state index in [9.17, 15) is 4.79 Å². The lowest BCUT2D eigenvalue weighted by atomic mass is 10.2. The van der Waals surface area contributed by atoms with E-state index in [0.717, 1.165) is 22.7 Å². The maximum absolute atomic E-state index is 13.0. The van der Waals surface area contributed by atoms with Crippen LogP contribution < -0.4 is 9.64 Å². The number of ether oxygens (including phenoxy) is 2. The van der Waals surface area contributed by atoms with Gasteiger partial charge in [-0.3, -0.25) is 4.90 Å². The van der Waals surface area contributed by atoms with E-state index in [4.69, 9.17) is 21.1 Å². The molecule has 0 bridgehead atoms. The van der Waals surface area contributed by atoms with Gasteiger partial charge in [0.25, 0.3) is 0 Å². The number of carbonyl (C=O) groups excluding carboxylic acids is 1. The van der Waals surface area contributed by atoms with Gasteiger partial charge in [0.2, 0.25) is 0 Å². The summed E-state index contributed by atoms with van der Waals surface area (Å²) in [6.45, 7) is 3.59. The second-order valence-electron chi connectivity index (χ2n) is 7.35. The largest absolute Gasteiger partial charge is 0.504 e. The Hall–Kier alpha value is -3.52. The van der Waals surface area contributed by atoms with Crippen LogP contribution in [0.1, 0.15) is 16.8 Å². The van der Waals surface area contributed by atoms with Gasteiger partial charge in [0.15, 0.2) is 5.82 Å². The molecule has 2 aromatic heterocycles. The second kappa shape index (κ2) is 9.32. The van der Waals surface area contributed by atoms with Crippen LogP contribution >= 0.6 is 11.6 Å². The van der Waals surface area contributed by atoms with Crippen LogP contribution in [0.15, 0.2) is 48.9 Å². The van der Waals surface area contributed by atoms with Crippen LogP contribution in [0.25, 0.3) is 11.8 Å². The zero-order valence-electron chi connectivity index (χ0n) is 18.2. The second-order valence-corrected chi connectivity index (χ2v) is 7.71. The van der Waals surface area contributed by atoms with Gasteiger partial charge in [-0.05, 0) is 36.8 Å². The number of pyridine rings is 1. The number of methoxy groups -OCH3 is 2. The first-order valence-corrected chi connectivity index (χ1v) is 10.5. The predicted octanol–water partition coefficient (Wildman–Crippen LogP) is 4.30. The van der Waals surface area contributed by atoms with Crippen molar-refractivity contribution in [2.24, 2.45) is 0 Å². The van der Waals surface area contributed by atoms with E-state index in [1.54, 1.807) is 34.8 Å². The van der Waals surface area contributed by atoms with Gasteiger partial charge in [0, 0.05) is 43.2 Å². The maximum atomic E-state index is 13.0.